The van der Waals surface area contributed by atoms with Crippen molar-refractivity contribution in [1.82, 2.24) is 4.72 Å². The highest BCUT2D eigenvalue weighted by Crippen LogP contribution is 2.50. The predicted octanol–water partition coefficient (Wildman–Crippen LogP) is 1.23. The Bertz CT molecular complexity index is 1040. The number of rotatable bonds is 6. The number of aromatic hydroxyl groups is 1. The lowest BCUT2D eigenvalue weighted by molar-refractivity contribution is 0.181. The number of hydrogen-bond donors (Lipinski definition) is 6. The molecule has 1 unspecified atom stereocenters. The van der Waals surface area contributed by atoms with Crippen molar-refractivity contribution in [1.29, 1.82) is 0 Å². The largest absolute Gasteiger partial charge is 0.506 e. The first-order chi connectivity index (χ1) is 13.9. The topological polar surface area (TPSA) is 166 Å². The summed E-state index contributed by atoms with van der Waals surface area (Å²) in [7, 11) is -7.52. The van der Waals surface area contributed by atoms with Crippen LogP contribution in [0.1, 0.15) is 16.7 Å². The molecule has 0 bridgehead atoms. The molecular weight excluding hydrogens is 441 g/mol. The highest BCUT2D eigenvalue weighted by molar-refractivity contribution is 8.24. The van der Waals surface area contributed by atoms with E-state index in [9.17, 15) is 32.1 Å². The Morgan fingerprint density at radius 1 is 1.30 bits per heavy atom. The summed E-state index contributed by atoms with van der Waals surface area (Å²) >= 11 is 0. The number of nitrogens with two attached hydrogens (primary N) is 1. The van der Waals surface area contributed by atoms with Gasteiger partial charge in [-0.15, -0.1) is 0 Å². The van der Waals surface area contributed by atoms with Crippen LogP contribution in [0.3, 0.4) is 0 Å². The Morgan fingerprint density at radius 3 is 2.53 bits per heavy atom. The van der Waals surface area contributed by atoms with Crippen molar-refractivity contribution >= 4 is 26.8 Å². The van der Waals surface area contributed by atoms with E-state index in [1.807, 2.05) is 0 Å². The van der Waals surface area contributed by atoms with Crippen molar-refractivity contribution in [2.75, 3.05) is 17.1 Å². The zero-order valence-corrected chi connectivity index (χ0v) is 17.5. The fourth-order valence-corrected chi connectivity index (χ4v) is 4.95. The van der Waals surface area contributed by atoms with E-state index in [0.29, 0.717) is 11.1 Å². The summed E-state index contributed by atoms with van der Waals surface area (Å²) in [5.41, 5.74) is 6.51. The van der Waals surface area contributed by atoms with Crippen LogP contribution in [0.5, 0.6) is 11.5 Å². The molecule has 3 rings (SSSR count). The quantitative estimate of drug-likeness (QED) is 0.343. The lowest BCUT2D eigenvalue weighted by Crippen LogP contribution is -2.26. The number of halogens is 1. The molecule has 0 spiro atoms. The Kier molecular flexibility index (Phi) is 6.15. The van der Waals surface area contributed by atoms with Crippen LogP contribution < -0.4 is 18.9 Å². The number of aliphatic hydroxyl groups excluding tert-OH is 1. The average molecular weight is 464 g/mol. The number of phenols is 1. The fraction of sp³-hybridized carbons (Fsp3) is 0.294. The predicted molar refractivity (Wildman–Crippen MR) is 110 cm³/mol. The highest BCUT2D eigenvalue weighted by Gasteiger charge is 2.38. The van der Waals surface area contributed by atoms with Crippen LogP contribution in [0.25, 0.3) is 0 Å². The second-order valence-electron chi connectivity index (χ2n) is 6.77. The summed E-state index contributed by atoms with van der Waals surface area (Å²) in [6, 6.07) is 6.92. The van der Waals surface area contributed by atoms with Gasteiger partial charge in [0.05, 0.1) is 12.8 Å². The van der Waals surface area contributed by atoms with Gasteiger partial charge < -0.3 is 20.1 Å². The number of phenolic OH excluding ortho intramolecular Hbond substituents is 1. The number of anilines is 1. The van der Waals surface area contributed by atoms with Crippen LogP contribution in [-0.4, -0.2) is 46.8 Å². The number of nitrogens with zero attached hydrogens (tertiary/aromatic N) is 1. The van der Waals surface area contributed by atoms with E-state index < -0.39 is 44.6 Å². The summed E-state index contributed by atoms with van der Waals surface area (Å²) in [5, 5.41) is 19.9. The van der Waals surface area contributed by atoms with Crippen molar-refractivity contribution in [3.05, 3.63) is 52.8 Å². The molecule has 7 N–H and O–H groups in total. The van der Waals surface area contributed by atoms with E-state index in [2.05, 4.69) is 4.72 Å². The number of β-amino-alcohol motifs (C(OH)–C–C–N with tert-alkyl or cyclic N) is 1. The molecule has 10 nitrogen and oxygen atoms in total. The second kappa shape index (κ2) is 8.19. The monoisotopic (exact) mass is 463 g/mol. The Balaban J connectivity index is 1.97. The smallest absolute Gasteiger partial charge is 0.306 e. The average Bonchev–Trinajstić information content (AvgIpc) is 2.87. The molecule has 1 aliphatic rings. The van der Waals surface area contributed by atoms with Crippen molar-refractivity contribution in [3.8, 4) is 11.5 Å². The minimum absolute atomic E-state index is 0.000574. The van der Waals surface area contributed by atoms with Crippen LogP contribution >= 0.6 is 11.0 Å². The molecule has 1 saturated heterocycles. The number of benzene rings is 2. The lowest BCUT2D eigenvalue weighted by Gasteiger charge is -2.37. The van der Waals surface area contributed by atoms with Gasteiger partial charge >= 0.3 is 10.1 Å². The molecule has 0 radical (unpaired) electrons. The van der Waals surface area contributed by atoms with Gasteiger partial charge in [-0.25, -0.2) is 8.70 Å². The van der Waals surface area contributed by atoms with Gasteiger partial charge in [0.15, 0.2) is 5.82 Å². The van der Waals surface area contributed by atoms with Gasteiger partial charge in [-0.3, -0.25) is 9.11 Å². The molecule has 2 aromatic rings. The van der Waals surface area contributed by atoms with Crippen LogP contribution in [0.4, 0.5) is 10.1 Å². The van der Waals surface area contributed by atoms with Crippen LogP contribution in [0.2, 0.25) is 0 Å². The van der Waals surface area contributed by atoms with Crippen molar-refractivity contribution in [3.63, 3.8) is 0 Å². The van der Waals surface area contributed by atoms with Crippen molar-refractivity contribution in [2.24, 2.45) is 5.73 Å². The van der Waals surface area contributed by atoms with Crippen LogP contribution in [0.15, 0.2) is 30.3 Å². The van der Waals surface area contributed by atoms with E-state index in [1.165, 1.54) is 12.1 Å². The summed E-state index contributed by atoms with van der Waals surface area (Å²) in [6.45, 7) is -0.163. The van der Waals surface area contributed by atoms with Gasteiger partial charge in [0, 0.05) is 18.5 Å². The zero-order valence-electron chi connectivity index (χ0n) is 15.8. The molecule has 30 heavy (non-hydrogen) atoms. The fourth-order valence-electron chi connectivity index (χ4n) is 3.11. The molecule has 0 amide bonds. The third kappa shape index (κ3) is 4.95. The van der Waals surface area contributed by atoms with Gasteiger partial charge in [-0.2, -0.15) is 13.1 Å². The van der Waals surface area contributed by atoms with Gasteiger partial charge in [0.25, 0.3) is 0 Å². The molecule has 1 fully saturated rings. The van der Waals surface area contributed by atoms with Crippen molar-refractivity contribution in [2.45, 2.75) is 19.2 Å². The minimum Gasteiger partial charge on any atom is -0.506 e. The SMILES string of the molecule is CS(=O)(=O)Oc1ccc(CN)cc1Cc1cc(O)c(N2CC(O)NS2(O)O)c(F)c1. The zero-order chi connectivity index (χ0) is 22.3. The maximum absolute atomic E-state index is 14.8. The lowest BCUT2D eigenvalue weighted by atomic mass is 10.0. The standard InChI is InChI=1S/C17H22FN3O7S2/c1-29(24,25)28-15-3-2-10(8-19)4-12(15)5-11-6-13(18)17(14(22)7-11)21-9-16(23)20-30(21,26)27/h2-4,6-7,16,20,22-23,26-27H,5,8-9,19H2,1H3. The number of nitrogens with one attached hydrogen (secondary N) is 1. The van der Waals surface area contributed by atoms with Crippen LogP contribution in [0, 0.1) is 5.82 Å². The number of aliphatic hydroxyl groups is 1. The van der Waals surface area contributed by atoms with E-state index in [0.717, 1.165) is 16.6 Å². The highest BCUT2D eigenvalue weighted by atomic mass is 32.3. The third-order valence-electron chi connectivity index (χ3n) is 4.29. The van der Waals surface area contributed by atoms with Gasteiger partial charge in [-0.05, 0) is 29.3 Å². The van der Waals surface area contributed by atoms with Gasteiger partial charge in [0.1, 0.15) is 23.4 Å². The first-order valence-corrected chi connectivity index (χ1v) is 12.0. The Morgan fingerprint density at radius 2 is 2.00 bits per heavy atom. The van der Waals surface area contributed by atoms with E-state index in [1.54, 1.807) is 12.1 Å². The molecule has 1 heterocycles. The molecule has 0 aliphatic carbocycles. The first-order valence-electron chi connectivity index (χ1n) is 8.63. The Labute approximate surface area is 174 Å². The molecular formula is C17H22FN3O7S2. The summed E-state index contributed by atoms with van der Waals surface area (Å²) in [6.07, 6.45) is -0.422. The normalized spacial score (nSPS) is 19.7. The molecule has 1 aliphatic heterocycles. The van der Waals surface area contributed by atoms with Crippen LogP contribution in [-0.2, 0) is 23.1 Å². The van der Waals surface area contributed by atoms with E-state index >= 15 is 0 Å². The molecule has 0 aromatic heterocycles. The maximum Gasteiger partial charge on any atom is 0.306 e. The first kappa shape index (κ1) is 22.6. The Hall–Kier alpha value is -2.13. The second-order valence-corrected chi connectivity index (χ2v) is 10.1. The molecule has 13 heteroatoms. The molecule has 1 atom stereocenters. The summed E-state index contributed by atoms with van der Waals surface area (Å²) in [4.78, 5) is 0. The number of hydrogen-bond acceptors (Lipinski definition) is 10. The molecule has 2 aromatic carbocycles. The molecule has 0 saturated carbocycles. The maximum atomic E-state index is 14.8. The van der Waals surface area contributed by atoms with Crippen molar-refractivity contribution < 1.29 is 36.3 Å². The van der Waals surface area contributed by atoms with E-state index in [4.69, 9.17) is 9.92 Å². The summed E-state index contributed by atoms with van der Waals surface area (Å²) in [5.74, 6) is -1.50. The third-order valence-corrected chi connectivity index (χ3v) is 6.31. The minimum atomic E-state index is -3.81. The summed E-state index contributed by atoms with van der Waals surface area (Å²) < 4.78 is 65.6. The van der Waals surface area contributed by atoms with Gasteiger partial charge in [-0.1, -0.05) is 23.1 Å². The molecule has 166 valence electrons. The van der Waals surface area contributed by atoms with Gasteiger partial charge in [0.2, 0.25) is 0 Å². The van der Waals surface area contributed by atoms with E-state index in [-0.39, 0.29) is 30.8 Å².